The molecular formula is C28H31ClN4O7. The SMILES string of the molecule is CC(C)(C)OC(=O)NCc1ccc(NC(=O)C[C@@H]2CCc3cc(Cl)cc4[nH]c(=O)c(=O)n2c34)c(CCC(=O)O)c1. The lowest BCUT2D eigenvalue weighted by molar-refractivity contribution is -0.137. The van der Waals surface area contributed by atoms with Crippen LogP contribution in [0, 0.1) is 0 Å². The molecular weight excluding hydrogens is 540 g/mol. The molecule has 0 saturated heterocycles. The van der Waals surface area contributed by atoms with Crippen LogP contribution in [0.3, 0.4) is 0 Å². The number of benzene rings is 2. The van der Waals surface area contributed by atoms with Crippen LogP contribution >= 0.6 is 11.6 Å². The maximum Gasteiger partial charge on any atom is 0.407 e. The number of alkyl carbamates (subject to hydrolysis) is 1. The van der Waals surface area contributed by atoms with Crippen LogP contribution in [0.4, 0.5) is 10.5 Å². The number of nitrogens with zero attached hydrogens (tertiary/aromatic N) is 1. The van der Waals surface area contributed by atoms with Crippen LogP contribution in [0.15, 0.2) is 39.9 Å². The van der Waals surface area contributed by atoms with E-state index in [2.05, 4.69) is 15.6 Å². The molecule has 1 aromatic heterocycles. The fourth-order valence-electron chi connectivity index (χ4n) is 4.84. The second-order valence-corrected chi connectivity index (χ2v) is 11.2. The van der Waals surface area contributed by atoms with Crippen LogP contribution in [0.2, 0.25) is 5.02 Å². The molecule has 0 saturated carbocycles. The van der Waals surface area contributed by atoms with Crippen LogP contribution in [0.25, 0.3) is 11.0 Å². The van der Waals surface area contributed by atoms with E-state index < -0.39 is 34.8 Å². The van der Waals surface area contributed by atoms with Crippen LogP contribution < -0.4 is 21.8 Å². The van der Waals surface area contributed by atoms with Gasteiger partial charge in [0.05, 0.1) is 11.0 Å². The Kier molecular flexibility index (Phi) is 8.34. The number of amides is 2. The Balaban J connectivity index is 1.54. The number of aliphatic carboxylic acids is 1. The molecule has 0 bridgehead atoms. The molecule has 0 aliphatic carbocycles. The molecule has 2 amide bonds. The lowest BCUT2D eigenvalue weighted by Crippen LogP contribution is -2.41. The van der Waals surface area contributed by atoms with Crippen molar-refractivity contribution in [2.45, 2.75) is 71.1 Å². The second-order valence-electron chi connectivity index (χ2n) is 10.8. The summed E-state index contributed by atoms with van der Waals surface area (Å²) in [7, 11) is 0. The molecule has 3 aromatic rings. The predicted molar refractivity (Wildman–Crippen MR) is 150 cm³/mol. The average molecular weight is 571 g/mol. The summed E-state index contributed by atoms with van der Waals surface area (Å²) in [6.07, 6.45) is 0.368. The zero-order valence-corrected chi connectivity index (χ0v) is 23.2. The molecule has 40 heavy (non-hydrogen) atoms. The first kappa shape index (κ1) is 28.9. The lowest BCUT2D eigenvalue weighted by Gasteiger charge is -2.27. The first-order valence-electron chi connectivity index (χ1n) is 12.9. The molecule has 12 heteroatoms. The Morgan fingerprint density at radius 1 is 1.18 bits per heavy atom. The van der Waals surface area contributed by atoms with Gasteiger partial charge in [-0.3, -0.25) is 23.7 Å². The number of rotatable bonds is 8. The van der Waals surface area contributed by atoms with Gasteiger partial charge in [-0.15, -0.1) is 0 Å². The van der Waals surface area contributed by atoms with Gasteiger partial charge in [-0.1, -0.05) is 23.7 Å². The molecule has 1 aliphatic rings. The summed E-state index contributed by atoms with van der Waals surface area (Å²) >= 11 is 6.18. The van der Waals surface area contributed by atoms with Crippen molar-refractivity contribution in [3.63, 3.8) is 0 Å². The van der Waals surface area contributed by atoms with Crippen LogP contribution in [0.1, 0.15) is 62.8 Å². The van der Waals surface area contributed by atoms with E-state index in [4.69, 9.17) is 16.3 Å². The van der Waals surface area contributed by atoms with Crippen molar-refractivity contribution >= 4 is 46.3 Å². The molecule has 1 aliphatic heterocycles. The maximum atomic E-state index is 13.2. The Hall–Kier alpha value is -4.12. The van der Waals surface area contributed by atoms with Crippen LogP contribution in [-0.4, -0.2) is 38.2 Å². The number of halogens is 1. The minimum atomic E-state index is -0.992. The predicted octanol–water partition coefficient (Wildman–Crippen LogP) is 3.90. The molecule has 4 N–H and O–H groups in total. The number of carboxylic acid groups (broad SMARTS) is 1. The van der Waals surface area contributed by atoms with Gasteiger partial charge in [-0.2, -0.15) is 0 Å². The molecule has 0 radical (unpaired) electrons. The van der Waals surface area contributed by atoms with E-state index >= 15 is 0 Å². The average Bonchev–Trinajstić information content (AvgIpc) is 2.85. The van der Waals surface area contributed by atoms with Gasteiger partial charge in [-0.05, 0) is 74.9 Å². The standard InChI is InChI=1S/C28H31ClN4O7/c1-28(2,3)40-27(39)30-14-15-4-8-20(16(10-15)6-9-23(35)36)31-22(34)13-19-7-5-17-11-18(29)12-21-24(17)33(19)26(38)25(37)32-21/h4,8,10-12,19H,5-7,9,13-14H2,1-3H3,(H,30,39)(H,31,34)(H,32,37)(H,35,36)/t19-/m0/s1. The quantitative estimate of drug-likeness (QED) is 0.299. The number of carbonyl (C=O) groups excluding carboxylic acids is 2. The largest absolute Gasteiger partial charge is 0.481 e. The highest BCUT2D eigenvalue weighted by Gasteiger charge is 2.27. The number of H-pyrrole nitrogens is 1. The molecule has 2 aromatic carbocycles. The second kappa shape index (κ2) is 11.5. The van der Waals surface area contributed by atoms with Crippen molar-refractivity contribution in [1.29, 1.82) is 0 Å². The first-order valence-corrected chi connectivity index (χ1v) is 13.3. The van der Waals surface area contributed by atoms with E-state index in [1.807, 2.05) is 0 Å². The zero-order valence-electron chi connectivity index (χ0n) is 22.4. The molecule has 2 heterocycles. The summed E-state index contributed by atoms with van der Waals surface area (Å²) in [6.45, 7) is 5.41. The highest BCUT2D eigenvalue weighted by atomic mass is 35.5. The summed E-state index contributed by atoms with van der Waals surface area (Å²) in [5.74, 6) is -1.38. The van der Waals surface area contributed by atoms with E-state index in [0.29, 0.717) is 45.7 Å². The normalized spacial score (nSPS) is 14.6. The molecule has 212 valence electrons. The topological polar surface area (TPSA) is 160 Å². The summed E-state index contributed by atoms with van der Waals surface area (Å²) in [6, 6.07) is 7.86. The molecule has 11 nitrogen and oxygen atoms in total. The van der Waals surface area contributed by atoms with Gasteiger partial charge in [0.15, 0.2) is 0 Å². The monoisotopic (exact) mass is 570 g/mol. The maximum absolute atomic E-state index is 13.2. The molecule has 0 unspecified atom stereocenters. The van der Waals surface area contributed by atoms with Gasteiger partial charge in [0.2, 0.25) is 5.91 Å². The Morgan fingerprint density at radius 2 is 1.93 bits per heavy atom. The van der Waals surface area contributed by atoms with Crippen LogP contribution in [0.5, 0.6) is 0 Å². The number of aromatic amines is 1. The van der Waals surface area contributed by atoms with Gasteiger partial charge in [0.1, 0.15) is 5.60 Å². The highest BCUT2D eigenvalue weighted by Crippen LogP contribution is 2.32. The number of carboxylic acids is 1. The van der Waals surface area contributed by atoms with E-state index in [0.717, 1.165) is 5.56 Å². The van der Waals surface area contributed by atoms with Crippen molar-refractivity contribution in [3.05, 3.63) is 72.8 Å². The van der Waals surface area contributed by atoms with Gasteiger partial charge < -0.3 is 25.5 Å². The first-order chi connectivity index (χ1) is 18.8. The summed E-state index contributed by atoms with van der Waals surface area (Å²) in [4.78, 5) is 64.2. The molecule has 1 atom stereocenters. The Bertz CT molecular complexity index is 1600. The van der Waals surface area contributed by atoms with E-state index in [-0.39, 0.29) is 31.7 Å². The smallest absolute Gasteiger partial charge is 0.407 e. The third-order valence-electron chi connectivity index (χ3n) is 6.48. The minimum Gasteiger partial charge on any atom is -0.481 e. The number of hydrogen-bond donors (Lipinski definition) is 4. The zero-order chi connectivity index (χ0) is 29.2. The van der Waals surface area contributed by atoms with Crippen molar-refractivity contribution in [1.82, 2.24) is 14.9 Å². The summed E-state index contributed by atoms with van der Waals surface area (Å²) < 4.78 is 6.62. The number of hydrogen-bond acceptors (Lipinski definition) is 6. The number of ether oxygens (including phenoxy) is 1. The fraction of sp³-hybridized carbons (Fsp3) is 0.393. The third-order valence-corrected chi connectivity index (χ3v) is 6.69. The number of carbonyl (C=O) groups is 3. The summed E-state index contributed by atoms with van der Waals surface area (Å²) in [5, 5.41) is 15.1. The van der Waals surface area contributed by atoms with E-state index in [9.17, 15) is 29.1 Å². The number of nitrogens with one attached hydrogen (secondary N) is 3. The summed E-state index contributed by atoms with van der Waals surface area (Å²) in [5.41, 5.74) is 1.34. The minimum absolute atomic E-state index is 0.0686. The van der Waals surface area contributed by atoms with Gasteiger partial charge in [0.25, 0.3) is 0 Å². The Morgan fingerprint density at radius 3 is 2.62 bits per heavy atom. The Labute approximate surface area is 234 Å². The van der Waals surface area contributed by atoms with Crippen LogP contribution in [-0.2, 0) is 33.7 Å². The third kappa shape index (κ3) is 6.90. The number of aromatic nitrogens is 2. The number of aryl methyl sites for hydroxylation is 2. The lowest BCUT2D eigenvalue weighted by atomic mass is 9.96. The molecule has 0 fully saturated rings. The van der Waals surface area contributed by atoms with Gasteiger partial charge >= 0.3 is 23.2 Å². The molecule has 4 rings (SSSR count). The highest BCUT2D eigenvalue weighted by molar-refractivity contribution is 6.31. The van der Waals surface area contributed by atoms with Crippen molar-refractivity contribution < 1.29 is 24.2 Å². The van der Waals surface area contributed by atoms with E-state index in [1.54, 1.807) is 51.1 Å². The molecule has 0 spiro atoms. The number of anilines is 1. The fourth-order valence-corrected chi connectivity index (χ4v) is 5.08. The van der Waals surface area contributed by atoms with E-state index in [1.165, 1.54) is 4.57 Å². The van der Waals surface area contributed by atoms with Gasteiger partial charge in [0, 0.05) is 36.1 Å². The van der Waals surface area contributed by atoms with Crippen molar-refractivity contribution in [2.24, 2.45) is 0 Å². The van der Waals surface area contributed by atoms with Crippen molar-refractivity contribution in [2.75, 3.05) is 5.32 Å². The van der Waals surface area contributed by atoms with Gasteiger partial charge in [-0.25, -0.2) is 4.79 Å². The van der Waals surface area contributed by atoms with Crippen molar-refractivity contribution in [3.8, 4) is 0 Å².